The van der Waals surface area contributed by atoms with Gasteiger partial charge in [-0.15, -0.1) is 0 Å². The molecular formula is C11H14N2S. The molecule has 74 valence electrons. The van der Waals surface area contributed by atoms with Crippen LogP contribution in [0.1, 0.15) is 12.5 Å². The summed E-state index contributed by atoms with van der Waals surface area (Å²) in [5.74, 6) is 2.22. The van der Waals surface area contributed by atoms with E-state index in [-0.39, 0.29) is 0 Å². The minimum Gasteiger partial charge on any atom is -0.399 e. The van der Waals surface area contributed by atoms with Gasteiger partial charge >= 0.3 is 0 Å². The first-order valence-corrected chi connectivity index (χ1v) is 5.90. The van der Waals surface area contributed by atoms with E-state index in [2.05, 4.69) is 24.2 Å². The molecule has 0 radical (unpaired) electrons. The van der Waals surface area contributed by atoms with Gasteiger partial charge in [0.15, 0.2) is 0 Å². The molecule has 0 spiro atoms. The van der Waals surface area contributed by atoms with E-state index in [1.807, 2.05) is 23.9 Å². The Hall–Kier alpha value is -1.09. The van der Waals surface area contributed by atoms with Crippen LogP contribution in [-0.2, 0) is 5.75 Å². The molecule has 0 fully saturated rings. The Morgan fingerprint density at radius 1 is 1.43 bits per heavy atom. The smallest absolute Gasteiger partial charge is 0.0477 e. The Bertz CT molecular complexity index is 434. The number of nitrogen functional groups attached to an aromatic ring is 1. The molecule has 1 aromatic carbocycles. The number of aromatic amines is 1. The normalized spacial score (nSPS) is 10.9. The summed E-state index contributed by atoms with van der Waals surface area (Å²) in [6.07, 6.45) is 2.08. The fraction of sp³-hybridized carbons (Fsp3) is 0.273. The highest BCUT2D eigenvalue weighted by molar-refractivity contribution is 7.98. The standard InChI is InChI=1S/C11H14N2S/c1-2-14-7-8-6-13-11-5-9(12)3-4-10(8)11/h3-6,13H,2,7,12H2,1H3. The molecule has 2 rings (SSSR count). The summed E-state index contributed by atoms with van der Waals surface area (Å²) < 4.78 is 0. The number of benzene rings is 1. The maximum atomic E-state index is 5.71. The van der Waals surface area contributed by atoms with Gasteiger partial charge in [-0.2, -0.15) is 11.8 Å². The van der Waals surface area contributed by atoms with Crippen molar-refractivity contribution in [1.82, 2.24) is 4.98 Å². The number of nitrogens with one attached hydrogen (secondary N) is 1. The van der Waals surface area contributed by atoms with Crippen LogP contribution >= 0.6 is 11.8 Å². The zero-order chi connectivity index (χ0) is 9.97. The van der Waals surface area contributed by atoms with Gasteiger partial charge in [0.05, 0.1) is 0 Å². The summed E-state index contributed by atoms with van der Waals surface area (Å²) in [4.78, 5) is 3.24. The van der Waals surface area contributed by atoms with Crippen molar-refractivity contribution >= 4 is 28.4 Å². The second-order valence-electron chi connectivity index (χ2n) is 3.26. The van der Waals surface area contributed by atoms with Crippen LogP contribution in [0.2, 0.25) is 0 Å². The molecule has 0 aliphatic carbocycles. The van der Waals surface area contributed by atoms with E-state index in [1.165, 1.54) is 10.9 Å². The second-order valence-corrected chi connectivity index (χ2v) is 4.53. The van der Waals surface area contributed by atoms with Crippen molar-refractivity contribution in [2.45, 2.75) is 12.7 Å². The van der Waals surface area contributed by atoms with Crippen molar-refractivity contribution in [2.24, 2.45) is 0 Å². The van der Waals surface area contributed by atoms with Crippen molar-refractivity contribution in [3.63, 3.8) is 0 Å². The predicted octanol–water partition coefficient (Wildman–Crippen LogP) is 3.00. The summed E-state index contributed by atoms with van der Waals surface area (Å²) in [6, 6.07) is 6.03. The van der Waals surface area contributed by atoms with E-state index in [0.29, 0.717) is 0 Å². The molecule has 0 unspecified atom stereocenters. The summed E-state index contributed by atoms with van der Waals surface area (Å²) in [7, 11) is 0. The number of hydrogen-bond donors (Lipinski definition) is 2. The lowest BCUT2D eigenvalue weighted by Crippen LogP contribution is -1.83. The number of fused-ring (bicyclic) bond motifs is 1. The van der Waals surface area contributed by atoms with Gasteiger partial charge in [-0.25, -0.2) is 0 Å². The molecule has 0 saturated carbocycles. The van der Waals surface area contributed by atoms with Crippen LogP contribution in [-0.4, -0.2) is 10.7 Å². The molecule has 0 saturated heterocycles. The number of anilines is 1. The van der Waals surface area contributed by atoms with Crippen LogP contribution in [0.25, 0.3) is 10.9 Å². The van der Waals surface area contributed by atoms with Crippen LogP contribution < -0.4 is 5.73 Å². The van der Waals surface area contributed by atoms with Gasteiger partial charge in [0, 0.05) is 28.5 Å². The van der Waals surface area contributed by atoms with Gasteiger partial charge in [0.1, 0.15) is 0 Å². The molecule has 0 aliphatic rings. The number of hydrogen-bond acceptors (Lipinski definition) is 2. The SMILES string of the molecule is CCSCc1c[nH]c2cc(N)ccc12. The molecule has 0 bridgehead atoms. The van der Waals surface area contributed by atoms with Crippen molar-refractivity contribution < 1.29 is 0 Å². The summed E-state index contributed by atoms with van der Waals surface area (Å²) in [5, 5.41) is 1.29. The summed E-state index contributed by atoms with van der Waals surface area (Å²) in [6.45, 7) is 2.18. The third kappa shape index (κ3) is 1.73. The average Bonchev–Trinajstić information content (AvgIpc) is 2.57. The Balaban J connectivity index is 2.37. The lowest BCUT2D eigenvalue weighted by atomic mass is 10.2. The fourth-order valence-electron chi connectivity index (χ4n) is 1.54. The third-order valence-corrected chi connectivity index (χ3v) is 3.18. The minimum atomic E-state index is 0.814. The average molecular weight is 206 g/mol. The van der Waals surface area contributed by atoms with E-state index in [9.17, 15) is 0 Å². The highest BCUT2D eigenvalue weighted by Crippen LogP contribution is 2.23. The summed E-state index contributed by atoms with van der Waals surface area (Å²) >= 11 is 1.93. The topological polar surface area (TPSA) is 41.8 Å². The van der Waals surface area contributed by atoms with Gasteiger partial charge in [-0.05, 0) is 23.4 Å². The van der Waals surface area contributed by atoms with Crippen LogP contribution in [0.3, 0.4) is 0 Å². The maximum absolute atomic E-state index is 5.71. The molecule has 0 aliphatic heterocycles. The van der Waals surface area contributed by atoms with E-state index in [0.717, 1.165) is 22.7 Å². The molecule has 1 heterocycles. The highest BCUT2D eigenvalue weighted by Gasteiger charge is 2.02. The molecular weight excluding hydrogens is 192 g/mol. The lowest BCUT2D eigenvalue weighted by Gasteiger charge is -1.97. The van der Waals surface area contributed by atoms with Crippen molar-refractivity contribution in [2.75, 3.05) is 11.5 Å². The first kappa shape index (κ1) is 9.46. The molecule has 0 amide bonds. The molecule has 2 nitrogen and oxygen atoms in total. The molecule has 3 heteroatoms. The Kier molecular flexibility index (Phi) is 2.68. The van der Waals surface area contributed by atoms with Crippen LogP contribution in [0.4, 0.5) is 5.69 Å². The number of thioether (sulfide) groups is 1. The Labute approximate surface area is 87.9 Å². The number of aromatic nitrogens is 1. The molecule has 1 aromatic heterocycles. The van der Waals surface area contributed by atoms with Gasteiger partial charge in [0.25, 0.3) is 0 Å². The second kappa shape index (κ2) is 3.96. The molecule has 14 heavy (non-hydrogen) atoms. The van der Waals surface area contributed by atoms with Gasteiger partial charge in [0.2, 0.25) is 0 Å². The largest absolute Gasteiger partial charge is 0.399 e. The quantitative estimate of drug-likeness (QED) is 0.758. The maximum Gasteiger partial charge on any atom is 0.0477 e. The molecule has 0 atom stereocenters. The van der Waals surface area contributed by atoms with Crippen LogP contribution in [0.5, 0.6) is 0 Å². The van der Waals surface area contributed by atoms with Crippen molar-refractivity contribution in [3.8, 4) is 0 Å². The Morgan fingerprint density at radius 2 is 2.29 bits per heavy atom. The number of nitrogens with two attached hydrogens (primary N) is 1. The van der Waals surface area contributed by atoms with Crippen LogP contribution in [0, 0.1) is 0 Å². The van der Waals surface area contributed by atoms with Gasteiger partial charge in [-0.3, -0.25) is 0 Å². The molecule has 2 aromatic rings. The van der Waals surface area contributed by atoms with Gasteiger partial charge in [-0.1, -0.05) is 13.0 Å². The zero-order valence-corrected chi connectivity index (χ0v) is 9.03. The Morgan fingerprint density at radius 3 is 3.07 bits per heavy atom. The third-order valence-electron chi connectivity index (χ3n) is 2.25. The van der Waals surface area contributed by atoms with Crippen molar-refractivity contribution in [3.05, 3.63) is 30.0 Å². The first-order chi connectivity index (χ1) is 6.81. The predicted molar refractivity (Wildman–Crippen MR) is 64.5 cm³/mol. The van der Waals surface area contributed by atoms with E-state index >= 15 is 0 Å². The van der Waals surface area contributed by atoms with Crippen LogP contribution in [0.15, 0.2) is 24.4 Å². The fourth-order valence-corrected chi connectivity index (χ4v) is 2.20. The van der Waals surface area contributed by atoms with Crippen molar-refractivity contribution in [1.29, 1.82) is 0 Å². The monoisotopic (exact) mass is 206 g/mol. The number of H-pyrrole nitrogens is 1. The minimum absolute atomic E-state index is 0.814. The van der Waals surface area contributed by atoms with E-state index in [4.69, 9.17) is 5.73 Å². The highest BCUT2D eigenvalue weighted by atomic mass is 32.2. The number of rotatable bonds is 3. The van der Waals surface area contributed by atoms with E-state index in [1.54, 1.807) is 0 Å². The van der Waals surface area contributed by atoms with Gasteiger partial charge < -0.3 is 10.7 Å². The molecule has 3 N–H and O–H groups in total. The lowest BCUT2D eigenvalue weighted by molar-refractivity contribution is 1.39. The zero-order valence-electron chi connectivity index (χ0n) is 8.21. The summed E-state index contributed by atoms with van der Waals surface area (Å²) in [5.41, 5.74) is 9.03. The first-order valence-electron chi connectivity index (χ1n) is 4.74. The van der Waals surface area contributed by atoms with E-state index < -0.39 is 0 Å².